The lowest BCUT2D eigenvalue weighted by molar-refractivity contribution is -0.150. The van der Waals surface area contributed by atoms with Crippen molar-refractivity contribution in [1.29, 1.82) is 0 Å². The van der Waals surface area contributed by atoms with Crippen molar-refractivity contribution in [3.05, 3.63) is 40.1 Å². The molecule has 20 heavy (non-hydrogen) atoms. The first-order chi connectivity index (χ1) is 9.45. The molecule has 0 saturated carbocycles. The molecule has 104 valence electrons. The molecule has 0 aliphatic heterocycles. The molecule has 2 rings (SSSR count). The zero-order chi connectivity index (χ0) is 14.7. The van der Waals surface area contributed by atoms with Crippen LogP contribution in [0.2, 0.25) is 0 Å². The highest BCUT2D eigenvalue weighted by Crippen LogP contribution is 2.22. The summed E-state index contributed by atoms with van der Waals surface area (Å²) in [5.41, 5.74) is 0.531. The van der Waals surface area contributed by atoms with E-state index in [1.54, 1.807) is 6.07 Å². The molecule has 1 heterocycles. The number of hydrogen-bond acceptors (Lipinski definition) is 7. The summed E-state index contributed by atoms with van der Waals surface area (Å²) in [5.74, 6) is -1.20. The Labute approximate surface area is 117 Å². The van der Waals surface area contributed by atoms with E-state index in [1.807, 2.05) is 0 Å². The highest BCUT2D eigenvalue weighted by molar-refractivity contribution is 7.16. The smallest absolute Gasteiger partial charge is 0.396 e. The maximum Gasteiger partial charge on any atom is 0.396 e. The second-order valence-corrected chi connectivity index (χ2v) is 4.87. The molecular formula is C13H10O6S. The first-order valence-electron chi connectivity index (χ1n) is 5.53. The summed E-state index contributed by atoms with van der Waals surface area (Å²) < 4.78 is 15.2. The molecule has 2 aromatic rings. The van der Waals surface area contributed by atoms with E-state index in [4.69, 9.17) is 9.15 Å². The second kappa shape index (κ2) is 5.70. The van der Waals surface area contributed by atoms with Gasteiger partial charge in [-0.05, 0) is 19.1 Å². The molecule has 0 saturated heterocycles. The van der Waals surface area contributed by atoms with Crippen molar-refractivity contribution >= 4 is 33.6 Å². The second-order valence-electron chi connectivity index (χ2n) is 3.89. The van der Waals surface area contributed by atoms with Gasteiger partial charge in [0.05, 0.1) is 4.70 Å². The Hall–Kier alpha value is -2.41. The first-order valence-corrected chi connectivity index (χ1v) is 6.34. The number of esters is 2. The molecule has 0 atom stereocenters. The molecule has 0 amide bonds. The molecule has 0 bridgehead atoms. The zero-order valence-electron chi connectivity index (χ0n) is 10.5. The normalized spacial score (nSPS) is 10.2. The molecule has 0 aliphatic rings. The number of benzene rings is 1. The van der Waals surface area contributed by atoms with Crippen LogP contribution < -0.4 is 9.68 Å². The van der Waals surface area contributed by atoms with Crippen molar-refractivity contribution in [3.8, 4) is 5.75 Å². The van der Waals surface area contributed by atoms with Gasteiger partial charge in [0.15, 0.2) is 12.2 Å². The third-order valence-corrected chi connectivity index (χ3v) is 3.01. The average molecular weight is 294 g/mol. The molecule has 1 aromatic heterocycles. The first kappa shape index (κ1) is 14.0. The molecule has 0 N–H and O–H groups in total. The summed E-state index contributed by atoms with van der Waals surface area (Å²) in [6, 6.07) is 4.55. The van der Waals surface area contributed by atoms with E-state index >= 15 is 0 Å². The van der Waals surface area contributed by atoms with Gasteiger partial charge in [-0.2, -0.15) is 0 Å². The van der Waals surface area contributed by atoms with Gasteiger partial charge in [0, 0.05) is 11.6 Å². The Kier molecular flexibility index (Phi) is 3.99. The fourth-order valence-electron chi connectivity index (χ4n) is 1.32. The van der Waals surface area contributed by atoms with Crippen LogP contribution in [0.25, 0.3) is 10.3 Å². The van der Waals surface area contributed by atoms with Crippen LogP contribution in [0.15, 0.2) is 39.6 Å². The van der Waals surface area contributed by atoms with Crippen molar-refractivity contribution in [3.63, 3.8) is 0 Å². The van der Waals surface area contributed by atoms with Gasteiger partial charge in [-0.1, -0.05) is 17.9 Å². The van der Waals surface area contributed by atoms with E-state index in [1.165, 1.54) is 19.1 Å². The summed E-state index contributed by atoms with van der Waals surface area (Å²) in [4.78, 5) is 33.2. The number of carbonyl (C=O) groups excluding carboxylic acids is 2. The van der Waals surface area contributed by atoms with Gasteiger partial charge >= 0.3 is 16.9 Å². The van der Waals surface area contributed by atoms with E-state index in [9.17, 15) is 14.4 Å². The van der Waals surface area contributed by atoms with E-state index in [-0.39, 0.29) is 11.3 Å². The molecule has 0 fully saturated rings. The summed E-state index contributed by atoms with van der Waals surface area (Å²) in [6.45, 7) is 4.34. The summed E-state index contributed by atoms with van der Waals surface area (Å²) in [6.07, 6.45) is 0. The molecule has 0 radical (unpaired) electrons. The largest absolute Gasteiger partial charge is 0.450 e. The number of ether oxygens (including phenoxy) is 2. The van der Waals surface area contributed by atoms with Crippen molar-refractivity contribution in [1.82, 2.24) is 0 Å². The van der Waals surface area contributed by atoms with E-state index in [2.05, 4.69) is 11.3 Å². The SMILES string of the molecule is C=C(C)C(=O)OCC(=O)Oc1ccc2sc(=O)oc2c1. The molecule has 0 unspecified atom stereocenters. The number of hydrogen-bond donors (Lipinski definition) is 0. The Bertz CT molecular complexity index is 739. The summed E-state index contributed by atoms with van der Waals surface area (Å²) in [7, 11) is 0. The van der Waals surface area contributed by atoms with Crippen LogP contribution in [-0.2, 0) is 14.3 Å². The van der Waals surface area contributed by atoms with Crippen LogP contribution in [-0.4, -0.2) is 18.5 Å². The lowest BCUT2D eigenvalue weighted by Crippen LogP contribution is -2.18. The van der Waals surface area contributed by atoms with Crippen molar-refractivity contribution in [2.75, 3.05) is 6.61 Å². The van der Waals surface area contributed by atoms with E-state index in [0.717, 1.165) is 11.3 Å². The van der Waals surface area contributed by atoms with Gasteiger partial charge in [-0.25, -0.2) is 14.4 Å². The zero-order valence-corrected chi connectivity index (χ0v) is 11.3. The molecule has 7 heteroatoms. The van der Waals surface area contributed by atoms with Gasteiger partial charge in [0.2, 0.25) is 0 Å². The Morgan fingerprint density at radius 2 is 2.15 bits per heavy atom. The van der Waals surface area contributed by atoms with Crippen molar-refractivity contribution < 1.29 is 23.5 Å². The van der Waals surface area contributed by atoms with Crippen LogP contribution in [0.4, 0.5) is 0 Å². The Morgan fingerprint density at radius 1 is 1.40 bits per heavy atom. The van der Waals surface area contributed by atoms with Gasteiger partial charge < -0.3 is 13.9 Å². The third kappa shape index (κ3) is 3.33. The fraction of sp³-hybridized carbons (Fsp3) is 0.154. The maximum absolute atomic E-state index is 11.5. The van der Waals surface area contributed by atoms with Crippen LogP contribution in [0.1, 0.15) is 6.92 Å². The minimum atomic E-state index is -0.739. The van der Waals surface area contributed by atoms with E-state index in [0.29, 0.717) is 10.3 Å². The van der Waals surface area contributed by atoms with E-state index < -0.39 is 23.5 Å². The van der Waals surface area contributed by atoms with Crippen molar-refractivity contribution in [2.24, 2.45) is 0 Å². The number of rotatable bonds is 4. The molecule has 1 aromatic carbocycles. The highest BCUT2D eigenvalue weighted by atomic mass is 32.1. The lowest BCUT2D eigenvalue weighted by Gasteiger charge is -2.05. The Balaban J connectivity index is 2.00. The predicted molar refractivity (Wildman–Crippen MR) is 71.8 cm³/mol. The highest BCUT2D eigenvalue weighted by Gasteiger charge is 2.11. The fourth-order valence-corrected chi connectivity index (χ4v) is 1.97. The van der Waals surface area contributed by atoms with Gasteiger partial charge in [-0.3, -0.25) is 0 Å². The standard InChI is InChI=1S/C13H10O6S/c1-7(2)12(15)17-6-11(14)18-8-3-4-10-9(5-8)19-13(16)20-10/h3-5H,1,6H2,2H3. The van der Waals surface area contributed by atoms with Crippen LogP contribution in [0.3, 0.4) is 0 Å². The minimum absolute atomic E-state index is 0.194. The van der Waals surface area contributed by atoms with Gasteiger partial charge in [0.25, 0.3) is 0 Å². The van der Waals surface area contributed by atoms with Gasteiger partial charge in [-0.15, -0.1) is 0 Å². The predicted octanol–water partition coefficient (Wildman–Crippen LogP) is 1.88. The topological polar surface area (TPSA) is 82.8 Å². The number of carbonyl (C=O) groups is 2. The molecule has 6 nitrogen and oxygen atoms in total. The average Bonchev–Trinajstić information content (AvgIpc) is 2.75. The maximum atomic E-state index is 11.5. The molecule has 0 aliphatic carbocycles. The minimum Gasteiger partial charge on any atom is -0.450 e. The van der Waals surface area contributed by atoms with Crippen LogP contribution in [0.5, 0.6) is 5.75 Å². The monoisotopic (exact) mass is 294 g/mol. The number of fused-ring (bicyclic) bond motifs is 1. The molecular weight excluding hydrogens is 284 g/mol. The lowest BCUT2D eigenvalue weighted by atomic mass is 10.3. The quantitative estimate of drug-likeness (QED) is 0.486. The Morgan fingerprint density at radius 3 is 2.85 bits per heavy atom. The van der Waals surface area contributed by atoms with Crippen LogP contribution >= 0.6 is 11.3 Å². The van der Waals surface area contributed by atoms with Crippen LogP contribution in [0, 0.1) is 0 Å². The van der Waals surface area contributed by atoms with Gasteiger partial charge in [0.1, 0.15) is 5.75 Å². The molecule has 0 spiro atoms. The van der Waals surface area contributed by atoms with Crippen molar-refractivity contribution in [2.45, 2.75) is 6.92 Å². The third-order valence-electron chi connectivity index (χ3n) is 2.20. The summed E-state index contributed by atoms with van der Waals surface area (Å²) in [5, 5.41) is 0. The summed E-state index contributed by atoms with van der Waals surface area (Å²) >= 11 is 0.955.